The van der Waals surface area contributed by atoms with Gasteiger partial charge in [0.1, 0.15) is 5.82 Å². The molecule has 0 saturated heterocycles. The van der Waals surface area contributed by atoms with Crippen LogP contribution in [0.15, 0.2) is 12.1 Å². The smallest absolute Gasteiger partial charge is 0.370 e. The second-order valence-corrected chi connectivity index (χ2v) is 2.86. The van der Waals surface area contributed by atoms with Gasteiger partial charge in [0.15, 0.2) is 0 Å². The van der Waals surface area contributed by atoms with Crippen molar-refractivity contribution < 1.29 is 13.2 Å². The van der Waals surface area contributed by atoms with E-state index in [-0.39, 0.29) is 5.69 Å². The molecule has 0 aliphatic carbocycles. The van der Waals surface area contributed by atoms with Crippen molar-refractivity contribution in [2.24, 2.45) is 0 Å². The molecule has 0 aromatic carbocycles. The number of nitrogens with one attached hydrogen (secondary N) is 1. The first-order valence-electron chi connectivity index (χ1n) is 4.24. The maximum absolute atomic E-state index is 12.3. The molecule has 14 heavy (non-hydrogen) atoms. The maximum atomic E-state index is 12.3. The van der Waals surface area contributed by atoms with Gasteiger partial charge in [-0.25, -0.2) is 4.98 Å². The van der Waals surface area contributed by atoms with Gasteiger partial charge in [-0.05, 0) is 26.0 Å². The number of pyridine rings is 1. The number of alkyl halides is 3. The highest BCUT2D eigenvalue weighted by atomic mass is 19.4. The average molecular weight is 204 g/mol. The van der Waals surface area contributed by atoms with Gasteiger partial charge < -0.3 is 5.32 Å². The first-order chi connectivity index (χ1) is 6.45. The average Bonchev–Trinajstić information content (AvgIpc) is 2.02. The van der Waals surface area contributed by atoms with Gasteiger partial charge in [0.2, 0.25) is 0 Å². The minimum Gasteiger partial charge on any atom is -0.370 e. The molecule has 5 heteroatoms. The van der Waals surface area contributed by atoms with Crippen molar-refractivity contribution in [2.75, 3.05) is 11.9 Å². The molecule has 78 valence electrons. The van der Waals surface area contributed by atoms with E-state index in [1.807, 2.05) is 6.92 Å². The van der Waals surface area contributed by atoms with Crippen LogP contribution in [-0.2, 0) is 6.18 Å². The van der Waals surface area contributed by atoms with Crippen LogP contribution in [0.5, 0.6) is 0 Å². The normalized spacial score (nSPS) is 11.5. The minimum atomic E-state index is -4.32. The molecule has 0 fully saturated rings. The van der Waals surface area contributed by atoms with Crippen molar-refractivity contribution in [2.45, 2.75) is 20.0 Å². The van der Waals surface area contributed by atoms with Crippen LogP contribution in [0, 0.1) is 6.92 Å². The lowest BCUT2D eigenvalue weighted by molar-refractivity contribution is -0.138. The van der Waals surface area contributed by atoms with Gasteiger partial charge in [-0.3, -0.25) is 0 Å². The molecule has 1 aromatic rings. The molecule has 0 saturated carbocycles. The van der Waals surface area contributed by atoms with E-state index in [0.717, 1.165) is 6.07 Å². The summed E-state index contributed by atoms with van der Waals surface area (Å²) in [5, 5.41) is 2.85. The van der Waals surface area contributed by atoms with Crippen molar-refractivity contribution in [3.63, 3.8) is 0 Å². The summed E-state index contributed by atoms with van der Waals surface area (Å²) in [6.45, 7) is 3.84. The standard InChI is InChI=1S/C9H11F3N2/c1-3-13-8-5-4-7(6(2)14-8)9(10,11)12/h4-5H,3H2,1-2H3,(H,13,14). The third-order valence-corrected chi connectivity index (χ3v) is 1.75. The van der Waals surface area contributed by atoms with Crippen molar-refractivity contribution in [3.8, 4) is 0 Å². The van der Waals surface area contributed by atoms with E-state index in [2.05, 4.69) is 10.3 Å². The molecule has 0 atom stereocenters. The molecule has 0 amide bonds. The van der Waals surface area contributed by atoms with E-state index in [1.54, 1.807) is 0 Å². The summed E-state index contributed by atoms with van der Waals surface area (Å²) in [5.74, 6) is 0.470. The highest BCUT2D eigenvalue weighted by molar-refractivity contribution is 5.39. The molecule has 1 aromatic heterocycles. The second-order valence-electron chi connectivity index (χ2n) is 2.86. The number of aromatic nitrogens is 1. The molecule has 0 aliphatic heterocycles. The summed E-state index contributed by atoms with van der Waals surface area (Å²) in [6, 6.07) is 2.37. The van der Waals surface area contributed by atoms with Crippen molar-refractivity contribution in [3.05, 3.63) is 23.4 Å². The SMILES string of the molecule is CCNc1ccc(C(F)(F)F)c(C)n1. The molecule has 0 aliphatic rings. The third-order valence-electron chi connectivity index (χ3n) is 1.75. The molecule has 0 bridgehead atoms. The van der Waals surface area contributed by atoms with Gasteiger partial charge in [0.25, 0.3) is 0 Å². The summed E-state index contributed by atoms with van der Waals surface area (Å²) >= 11 is 0. The van der Waals surface area contributed by atoms with Gasteiger partial charge in [0, 0.05) is 6.54 Å². The number of nitrogens with zero attached hydrogens (tertiary/aromatic N) is 1. The summed E-state index contributed by atoms with van der Waals surface area (Å²) in [6.07, 6.45) is -4.32. The summed E-state index contributed by atoms with van der Waals surface area (Å²) in [7, 11) is 0. The lowest BCUT2D eigenvalue weighted by Crippen LogP contribution is -2.10. The Balaban J connectivity index is 3.02. The summed E-state index contributed by atoms with van der Waals surface area (Å²) < 4.78 is 36.9. The fraction of sp³-hybridized carbons (Fsp3) is 0.444. The number of anilines is 1. The Bertz CT molecular complexity index is 320. The quantitative estimate of drug-likeness (QED) is 0.801. The van der Waals surface area contributed by atoms with Gasteiger partial charge in [-0.15, -0.1) is 0 Å². The molecular formula is C9H11F3N2. The molecule has 1 heterocycles. The van der Waals surface area contributed by atoms with Crippen molar-refractivity contribution in [1.29, 1.82) is 0 Å². The van der Waals surface area contributed by atoms with Crippen molar-refractivity contribution >= 4 is 5.82 Å². The highest BCUT2D eigenvalue weighted by Gasteiger charge is 2.32. The molecule has 2 nitrogen and oxygen atoms in total. The van der Waals surface area contributed by atoms with Crippen LogP contribution >= 0.6 is 0 Å². The molecule has 0 spiro atoms. The summed E-state index contributed by atoms with van der Waals surface area (Å²) in [4.78, 5) is 3.80. The number of hydrogen-bond donors (Lipinski definition) is 1. The Morgan fingerprint density at radius 1 is 1.36 bits per heavy atom. The zero-order chi connectivity index (χ0) is 10.8. The molecule has 0 radical (unpaired) electrons. The Hall–Kier alpha value is -1.26. The Labute approximate surface area is 80.2 Å². The van der Waals surface area contributed by atoms with E-state index < -0.39 is 11.7 Å². The van der Waals surface area contributed by atoms with Crippen LogP contribution < -0.4 is 5.32 Å². The number of halogens is 3. The number of aryl methyl sites for hydroxylation is 1. The lowest BCUT2D eigenvalue weighted by Gasteiger charge is -2.10. The Morgan fingerprint density at radius 3 is 2.43 bits per heavy atom. The zero-order valence-electron chi connectivity index (χ0n) is 7.94. The fourth-order valence-electron chi connectivity index (χ4n) is 1.14. The Kier molecular flexibility index (Phi) is 2.98. The van der Waals surface area contributed by atoms with Crippen LogP contribution in [0.2, 0.25) is 0 Å². The predicted molar refractivity (Wildman–Crippen MR) is 48.1 cm³/mol. The van der Waals surface area contributed by atoms with Gasteiger partial charge in [-0.1, -0.05) is 0 Å². The van der Waals surface area contributed by atoms with Crippen molar-refractivity contribution in [1.82, 2.24) is 4.98 Å². The predicted octanol–water partition coefficient (Wildman–Crippen LogP) is 2.84. The molecule has 0 unspecified atom stereocenters. The fourth-order valence-corrected chi connectivity index (χ4v) is 1.14. The van der Waals surface area contributed by atoms with E-state index in [4.69, 9.17) is 0 Å². The second kappa shape index (κ2) is 3.86. The largest absolute Gasteiger partial charge is 0.418 e. The third kappa shape index (κ3) is 2.37. The first kappa shape index (κ1) is 10.8. The molecule has 1 rings (SSSR count). The maximum Gasteiger partial charge on any atom is 0.418 e. The number of rotatable bonds is 2. The molecular weight excluding hydrogens is 193 g/mol. The summed E-state index contributed by atoms with van der Waals surface area (Å²) in [5.41, 5.74) is -0.685. The van der Waals surface area contributed by atoms with E-state index in [1.165, 1.54) is 13.0 Å². The van der Waals surface area contributed by atoms with Gasteiger partial charge >= 0.3 is 6.18 Å². The van der Waals surface area contributed by atoms with Gasteiger partial charge in [0.05, 0.1) is 11.3 Å². The van der Waals surface area contributed by atoms with Crippen LogP contribution in [0.4, 0.5) is 19.0 Å². The number of hydrogen-bond acceptors (Lipinski definition) is 2. The topological polar surface area (TPSA) is 24.9 Å². The highest BCUT2D eigenvalue weighted by Crippen LogP contribution is 2.31. The van der Waals surface area contributed by atoms with Crippen LogP contribution in [0.3, 0.4) is 0 Å². The van der Waals surface area contributed by atoms with E-state index in [0.29, 0.717) is 12.4 Å². The molecule has 1 N–H and O–H groups in total. The first-order valence-corrected chi connectivity index (χ1v) is 4.24. The van der Waals surface area contributed by atoms with Crippen LogP contribution in [0.1, 0.15) is 18.2 Å². The van der Waals surface area contributed by atoms with Crippen LogP contribution in [0.25, 0.3) is 0 Å². The zero-order valence-corrected chi connectivity index (χ0v) is 7.94. The monoisotopic (exact) mass is 204 g/mol. The van der Waals surface area contributed by atoms with E-state index >= 15 is 0 Å². The van der Waals surface area contributed by atoms with E-state index in [9.17, 15) is 13.2 Å². The lowest BCUT2D eigenvalue weighted by atomic mass is 10.2. The van der Waals surface area contributed by atoms with Crippen LogP contribution in [-0.4, -0.2) is 11.5 Å². The minimum absolute atomic E-state index is 0.00375. The Morgan fingerprint density at radius 2 is 2.00 bits per heavy atom. The van der Waals surface area contributed by atoms with Gasteiger partial charge in [-0.2, -0.15) is 13.2 Å².